The van der Waals surface area contributed by atoms with E-state index in [2.05, 4.69) is 10.6 Å². The largest absolute Gasteiger partial charge is 0.361 e. The number of urea groups is 1. The van der Waals surface area contributed by atoms with Gasteiger partial charge in [-0.05, 0) is 13.8 Å². The number of nitrogens with zero attached hydrogens (tertiary/aromatic N) is 2. The maximum Gasteiger partial charge on any atom is 0.321 e. The molecule has 1 rings (SSSR count). The summed E-state index contributed by atoms with van der Waals surface area (Å²) in [5, 5.41) is 13.5. The zero-order valence-corrected chi connectivity index (χ0v) is 10.6. The second-order valence-electron chi connectivity index (χ2n) is 4.01. The Morgan fingerprint density at radius 3 is 2.94 bits per heavy atom. The molecule has 3 amide bonds. The normalized spacial score (nSPS) is 21.7. The summed E-state index contributed by atoms with van der Waals surface area (Å²) in [5.41, 5.74) is 0. The van der Waals surface area contributed by atoms with Crippen LogP contribution in [0.2, 0.25) is 0 Å². The van der Waals surface area contributed by atoms with Gasteiger partial charge in [-0.2, -0.15) is 5.26 Å². The number of morpholine rings is 1. The SMILES string of the molecule is CCNC(=O)NC(=O)C(C)N1CCOC(C#N)C1. The van der Waals surface area contributed by atoms with Gasteiger partial charge in [0.05, 0.1) is 18.7 Å². The van der Waals surface area contributed by atoms with Gasteiger partial charge in [-0.25, -0.2) is 4.79 Å². The summed E-state index contributed by atoms with van der Waals surface area (Å²) in [6, 6.07) is 1.05. The summed E-state index contributed by atoms with van der Waals surface area (Å²) in [6.45, 7) is 5.29. The van der Waals surface area contributed by atoms with Crippen LogP contribution >= 0.6 is 0 Å². The fraction of sp³-hybridized carbons (Fsp3) is 0.727. The van der Waals surface area contributed by atoms with Crippen molar-refractivity contribution >= 4 is 11.9 Å². The van der Waals surface area contributed by atoms with Crippen LogP contribution in [-0.2, 0) is 9.53 Å². The number of carbonyl (C=O) groups excluding carboxylic acids is 2. The molecule has 0 aromatic carbocycles. The van der Waals surface area contributed by atoms with E-state index in [9.17, 15) is 9.59 Å². The number of hydrogen-bond donors (Lipinski definition) is 2. The maximum absolute atomic E-state index is 11.8. The van der Waals surface area contributed by atoms with Crippen molar-refractivity contribution < 1.29 is 14.3 Å². The lowest BCUT2D eigenvalue weighted by molar-refractivity contribution is -0.127. The van der Waals surface area contributed by atoms with Gasteiger partial charge in [0.2, 0.25) is 5.91 Å². The number of nitriles is 1. The lowest BCUT2D eigenvalue weighted by Crippen LogP contribution is -2.54. The molecule has 0 aliphatic carbocycles. The van der Waals surface area contributed by atoms with Gasteiger partial charge in [-0.15, -0.1) is 0 Å². The van der Waals surface area contributed by atoms with E-state index >= 15 is 0 Å². The molecule has 7 nitrogen and oxygen atoms in total. The molecule has 1 heterocycles. The van der Waals surface area contributed by atoms with Gasteiger partial charge >= 0.3 is 6.03 Å². The third kappa shape index (κ3) is 3.98. The van der Waals surface area contributed by atoms with Crippen molar-refractivity contribution in [2.45, 2.75) is 26.0 Å². The Morgan fingerprint density at radius 2 is 2.33 bits per heavy atom. The van der Waals surface area contributed by atoms with Gasteiger partial charge in [0, 0.05) is 19.6 Å². The smallest absolute Gasteiger partial charge is 0.321 e. The molecule has 2 atom stereocenters. The van der Waals surface area contributed by atoms with Crippen molar-refractivity contribution in [3.8, 4) is 6.07 Å². The lowest BCUT2D eigenvalue weighted by Gasteiger charge is -2.33. The molecule has 0 saturated carbocycles. The minimum atomic E-state index is -0.515. The van der Waals surface area contributed by atoms with E-state index in [4.69, 9.17) is 10.00 Å². The number of nitrogens with one attached hydrogen (secondary N) is 2. The van der Waals surface area contributed by atoms with Gasteiger partial charge in [0.25, 0.3) is 0 Å². The molecule has 1 saturated heterocycles. The second-order valence-corrected chi connectivity index (χ2v) is 4.01. The predicted molar refractivity (Wildman–Crippen MR) is 63.6 cm³/mol. The summed E-state index contributed by atoms with van der Waals surface area (Å²) in [7, 11) is 0. The Morgan fingerprint density at radius 1 is 1.61 bits per heavy atom. The fourth-order valence-corrected chi connectivity index (χ4v) is 1.69. The van der Waals surface area contributed by atoms with E-state index < -0.39 is 18.2 Å². The Hall–Kier alpha value is -1.65. The third-order valence-electron chi connectivity index (χ3n) is 2.74. The Labute approximate surface area is 106 Å². The quantitative estimate of drug-likeness (QED) is 0.704. The minimum absolute atomic E-state index is 0.375. The Balaban J connectivity index is 2.48. The molecule has 0 aromatic rings. The van der Waals surface area contributed by atoms with E-state index in [0.29, 0.717) is 26.2 Å². The van der Waals surface area contributed by atoms with Crippen LogP contribution < -0.4 is 10.6 Å². The Kier molecular flexibility index (Phi) is 5.55. The standard InChI is InChI=1S/C11H18N4O3/c1-3-13-11(17)14-10(16)8(2)15-4-5-18-9(6-12)7-15/h8-9H,3-5,7H2,1-2H3,(H2,13,14,16,17). The number of imide groups is 1. The summed E-state index contributed by atoms with van der Waals surface area (Å²) in [5.74, 6) is -0.375. The van der Waals surface area contributed by atoms with Crippen molar-refractivity contribution in [1.29, 1.82) is 5.26 Å². The number of hydrogen-bond acceptors (Lipinski definition) is 5. The van der Waals surface area contributed by atoms with E-state index in [1.54, 1.807) is 13.8 Å². The molecule has 0 bridgehead atoms. The molecule has 1 aliphatic rings. The van der Waals surface area contributed by atoms with E-state index in [1.807, 2.05) is 11.0 Å². The highest BCUT2D eigenvalue weighted by atomic mass is 16.5. The lowest BCUT2D eigenvalue weighted by atomic mass is 10.2. The number of amides is 3. The van der Waals surface area contributed by atoms with Gasteiger partial charge in [-0.1, -0.05) is 0 Å². The first kappa shape index (κ1) is 14.4. The zero-order valence-electron chi connectivity index (χ0n) is 10.6. The van der Waals surface area contributed by atoms with Crippen LogP contribution in [0.25, 0.3) is 0 Å². The van der Waals surface area contributed by atoms with Crippen molar-refractivity contribution in [2.75, 3.05) is 26.2 Å². The van der Waals surface area contributed by atoms with Crippen molar-refractivity contribution in [3.63, 3.8) is 0 Å². The van der Waals surface area contributed by atoms with Crippen molar-refractivity contribution in [1.82, 2.24) is 15.5 Å². The van der Waals surface area contributed by atoms with Crippen LogP contribution in [0.5, 0.6) is 0 Å². The van der Waals surface area contributed by atoms with Gasteiger partial charge < -0.3 is 10.1 Å². The molecule has 0 spiro atoms. The van der Waals surface area contributed by atoms with Crippen LogP contribution in [0.4, 0.5) is 4.79 Å². The molecule has 2 N–H and O–H groups in total. The van der Waals surface area contributed by atoms with Crippen LogP contribution in [0.3, 0.4) is 0 Å². The minimum Gasteiger partial charge on any atom is -0.361 e. The van der Waals surface area contributed by atoms with E-state index in [0.717, 1.165) is 0 Å². The van der Waals surface area contributed by atoms with E-state index in [1.165, 1.54) is 0 Å². The number of rotatable bonds is 3. The molecular formula is C11H18N4O3. The first-order chi connectivity index (χ1) is 8.58. The van der Waals surface area contributed by atoms with Gasteiger partial charge in [0.1, 0.15) is 0 Å². The van der Waals surface area contributed by atoms with Crippen LogP contribution in [0, 0.1) is 11.3 Å². The molecule has 18 heavy (non-hydrogen) atoms. The molecule has 2 unspecified atom stereocenters. The fourth-order valence-electron chi connectivity index (χ4n) is 1.69. The third-order valence-corrected chi connectivity index (χ3v) is 2.74. The highest BCUT2D eigenvalue weighted by Crippen LogP contribution is 2.08. The van der Waals surface area contributed by atoms with E-state index in [-0.39, 0.29) is 5.91 Å². The number of ether oxygens (including phenoxy) is 1. The number of carbonyl (C=O) groups is 2. The molecule has 1 aliphatic heterocycles. The first-order valence-corrected chi connectivity index (χ1v) is 5.92. The topological polar surface area (TPSA) is 94.5 Å². The maximum atomic E-state index is 11.8. The zero-order chi connectivity index (χ0) is 13.5. The summed E-state index contributed by atoms with van der Waals surface area (Å²) in [6.07, 6.45) is -0.515. The highest BCUT2D eigenvalue weighted by molar-refractivity contribution is 5.96. The molecule has 1 fully saturated rings. The van der Waals surface area contributed by atoms with Gasteiger partial charge in [0.15, 0.2) is 6.10 Å². The van der Waals surface area contributed by atoms with Crippen LogP contribution in [-0.4, -0.2) is 55.2 Å². The first-order valence-electron chi connectivity index (χ1n) is 5.92. The van der Waals surface area contributed by atoms with Gasteiger partial charge in [-0.3, -0.25) is 15.0 Å². The van der Waals surface area contributed by atoms with Crippen LogP contribution in [0.15, 0.2) is 0 Å². The molecule has 100 valence electrons. The van der Waals surface area contributed by atoms with Crippen LogP contribution in [0.1, 0.15) is 13.8 Å². The monoisotopic (exact) mass is 254 g/mol. The Bertz CT molecular complexity index is 353. The second kappa shape index (κ2) is 6.93. The predicted octanol–water partition coefficient (Wildman–Crippen LogP) is -0.555. The summed E-state index contributed by atoms with van der Waals surface area (Å²) >= 11 is 0. The average Bonchev–Trinajstić information content (AvgIpc) is 2.38. The average molecular weight is 254 g/mol. The van der Waals surface area contributed by atoms with Crippen molar-refractivity contribution in [3.05, 3.63) is 0 Å². The molecule has 0 radical (unpaired) electrons. The summed E-state index contributed by atoms with van der Waals surface area (Å²) < 4.78 is 5.19. The highest BCUT2D eigenvalue weighted by Gasteiger charge is 2.28. The van der Waals surface area contributed by atoms with Crippen molar-refractivity contribution in [2.24, 2.45) is 0 Å². The summed E-state index contributed by atoms with van der Waals surface area (Å²) in [4.78, 5) is 24.8. The molecule has 0 aromatic heterocycles. The molecule has 7 heteroatoms. The molecular weight excluding hydrogens is 236 g/mol.